The fraction of sp³-hybridized carbons (Fsp3) is 0.500. The van der Waals surface area contributed by atoms with Gasteiger partial charge in [0.2, 0.25) is 5.91 Å². The molecule has 0 fully saturated rings. The summed E-state index contributed by atoms with van der Waals surface area (Å²) in [5, 5.41) is 2.27. The molecule has 7 heteroatoms. The summed E-state index contributed by atoms with van der Waals surface area (Å²) in [5.41, 5.74) is 3.96. The van der Waals surface area contributed by atoms with Crippen molar-refractivity contribution in [2.75, 3.05) is 12.4 Å². The predicted octanol–water partition coefficient (Wildman–Crippen LogP) is 3.17. The van der Waals surface area contributed by atoms with Gasteiger partial charge in [-0.2, -0.15) is 13.2 Å². The van der Waals surface area contributed by atoms with E-state index in [1.807, 2.05) is 0 Å². The van der Waals surface area contributed by atoms with Gasteiger partial charge >= 0.3 is 6.18 Å². The van der Waals surface area contributed by atoms with Crippen molar-refractivity contribution in [1.82, 2.24) is 0 Å². The van der Waals surface area contributed by atoms with Crippen molar-refractivity contribution in [2.45, 2.75) is 38.4 Å². The van der Waals surface area contributed by atoms with Crippen LogP contribution in [-0.4, -0.2) is 18.6 Å². The van der Waals surface area contributed by atoms with Crippen LogP contribution in [0.3, 0.4) is 0 Å². The summed E-state index contributed by atoms with van der Waals surface area (Å²) in [6.45, 7) is 3.49. The summed E-state index contributed by atoms with van der Waals surface area (Å²) in [5.74, 6) is -0.437. The summed E-state index contributed by atoms with van der Waals surface area (Å²) in [7, 11) is 1.27. The molecule has 0 aliphatic rings. The Morgan fingerprint density at radius 3 is 2.43 bits per heavy atom. The van der Waals surface area contributed by atoms with Crippen LogP contribution in [0.1, 0.15) is 32.3 Å². The third-order valence-electron chi connectivity index (χ3n) is 2.80. The molecular formula is C14H19F3N2O2. The van der Waals surface area contributed by atoms with Crippen molar-refractivity contribution < 1.29 is 22.7 Å². The third kappa shape index (κ3) is 5.63. The van der Waals surface area contributed by atoms with Crippen LogP contribution in [-0.2, 0) is 11.0 Å². The summed E-state index contributed by atoms with van der Waals surface area (Å²) < 4.78 is 43.7. The number of rotatable bonds is 5. The second-order valence-corrected chi connectivity index (χ2v) is 5.45. The molecule has 4 nitrogen and oxygen atoms in total. The van der Waals surface area contributed by atoms with Gasteiger partial charge in [-0.15, -0.1) is 0 Å². The van der Waals surface area contributed by atoms with E-state index in [-0.39, 0.29) is 17.9 Å². The molecule has 0 aliphatic carbocycles. The van der Waals surface area contributed by atoms with E-state index >= 15 is 0 Å². The molecule has 0 atom stereocenters. The molecule has 0 aliphatic heterocycles. The average molecular weight is 304 g/mol. The summed E-state index contributed by atoms with van der Waals surface area (Å²) in [4.78, 5) is 11.7. The van der Waals surface area contributed by atoms with Crippen LogP contribution in [0, 0.1) is 0 Å². The lowest BCUT2D eigenvalue weighted by atomic mass is 10.00. The van der Waals surface area contributed by atoms with Gasteiger partial charge < -0.3 is 15.8 Å². The second kappa shape index (κ2) is 6.34. The van der Waals surface area contributed by atoms with Gasteiger partial charge in [0.15, 0.2) is 0 Å². The number of nitrogens with one attached hydrogen (secondary N) is 1. The second-order valence-electron chi connectivity index (χ2n) is 5.45. The average Bonchev–Trinajstić information content (AvgIpc) is 2.35. The van der Waals surface area contributed by atoms with Crippen LogP contribution in [0.5, 0.6) is 5.75 Å². The van der Waals surface area contributed by atoms with E-state index in [9.17, 15) is 18.0 Å². The first-order valence-corrected chi connectivity index (χ1v) is 6.37. The first-order chi connectivity index (χ1) is 9.53. The lowest BCUT2D eigenvalue weighted by Crippen LogP contribution is -2.33. The maximum absolute atomic E-state index is 13.0. The Morgan fingerprint density at radius 1 is 1.33 bits per heavy atom. The fourth-order valence-corrected chi connectivity index (χ4v) is 1.64. The first-order valence-electron chi connectivity index (χ1n) is 6.37. The molecular weight excluding hydrogens is 285 g/mol. The van der Waals surface area contributed by atoms with Crippen LogP contribution in [0.25, 0.3) is 0 Å². The Morgan fingerprint density at radius 2 is 1.95 bits per heavy atom. The van der Waals surface area contributed by atoms with Crippen molar-refractivity contribution >= 4 is 11.6 Å². The minimum absolute atomic E-state index is 0.0484. The van der Waals surface area contributed by atoms with Crippen molar-refractivity contribution in [3.05, 3.63) is 23.8 Å². The van der Waals surface area contributed by atoms with Gasteiger partial charge in [-0.05, 0) is 38.5 Å². The first kappa shape index (κ1) is 17.3. The van der Waals surface area contributed by atoms with Crippen molar-refractivity contribution in [3.8, 4) is 5.75 Å². The molecule has 0 unspecified atom stereocenters. The Balaban J connectivity index is 2.90. The Hall–Kier alpha value is -1.76. The van der Waals surface area contributed by atoms with Crippen LogP contribution in [0.15, 0.2) is 18.2 Å². The maximum Gasteiger partial charge on any atom is 0.418 e. The maximum atomic E-state index is 13.0. The van der Waals surface area contributed by atoms with E-state index in [0.717, 1.165) is 6.07 Å². The highest BCUT2D eigenvalue weighted by atomic mass is 19.4. The van der Waals surface area contributed by atoms with E-state index in [1.54, 1.807) is 13.8 Å². The van der Waals surface area contributed by atoms with Gasteiger partial charge in [0.05, 0.1) is 18.4 Å². The zero-order valence-corrected chi connectivity index (χ0v) is 12.2. The topological polar surface area (TPSA) is 64.3 Å². The normalized spacial score (nSPS) is 12.1. The molecule has 0 heterocycles. The Kier molecular flexibility index (Phi) is 5.22. The fourth-order valence-electron chi connectivity index (χ4n) is 1.64. The molecule has 1 aromatic carbocycles. The molecule has 0 saturated carbocycles. The van der Waals surface area contributed by atoms with Gasteiger partial charge in [0.1, 0.15) is 5.75 Å². The van der Waals surface area contributed by atoms with Crippen molar-refractivity contribution in [2.24, 2.45) is 5.73 Å². The third-order valence-corrected chi connectivity index (χ3v) is 2.80. The predicted molar refractivity (Wildman–Crippen MR) is 74.1 cm³/mol. The number of methoxy groups -OCH3 is 1. The standard InChI is InChI=1S/C14H19F3N2O2/c1-13(2,18)7-6-12(20)19-11-5-4-9(21-3)8-10(11)14(15,16)17/h4-5,8H,6-7,18H2,1-3H3,(H,19,20). The molecule has 0 spiro atoms. The van der Waals surface area contributed by atoms with Crippen LogP contribution < -0.4 is 15.8 Å². The molecule has 21 heavy (non-hydrogen) atoms. The quantitative estimate of drug-likeness (QED) is 0.878. The number of carbonyl (C=O) groups excluding carboxylic acids is 1. The molecule has 0 aromatic heterocycles. The van der Waals surface area contributed by atoms with Gasteiger partial charge in [-0.1, -0.05) is 0 Å². The summed E-state index contributed by atoms with van der Waals surface area (Å²) in [6.07, 6.45) is -4.16. The van der Waals surface area contributed by atoms with E-state index in [1.165, 1.54) is 19.2 Å². The molecule has 1 aromatic rings. The number of halogens is 3. The van der Waals surface area contributed by atoms with Crippen molar-refractivity contribution in [1.29, 1.82) is 0 Å². The minimum atomic E-state index is -4.58. The highest BCUT2D eigenvalue weighted by Crippen LogP contribution is 2.37. The van der Waals surface area contributed by atoms with Crippen LogP contribution >= 0.6 is 0 Å². The summed E-state index contributed by atoms with van der Waals surface area (Å²) >= 11 is 0. The zero-order valence-electron chi connectivity index (χ0n) is 12.2. The number of benzene rings is 1. The Labute approximate surface area is 121 Å². The van der Waals surface area contributed by atoms with Crippen LogP contribution in [0.4, 0.5) is 18.9 Å². The number of hydrogen-bond donors (Lipinski definition) is 2. The number of anilines is 1. The lowest BCUT2D eigenvalue weighted by molar-refractivity contribution is -0.137. The molecule has 118 valence electrons. The van der Waals surface area contributed by atoms with Gasteiger partial charge in [0, 0.05) is 12.0 Å². The Bertz CT molecular complexity index is 508. The number of ether oxygens (including phenoxy) is 1. The molecule has 0 radical (unpaired) electrons. The van der Waals surface area contributed by atoms with E-state index in [4.69, 9.17) is 10.5 Å². The molecule has 3 N–H and O–H groups in total. The lowest BCUT2D eigenvalue weighted by Gasteiger charge is -2.19. The van der Waals surface area contributed by atoms with Crippen LogP contribution in [0.2, 0.25) is 0 Å². The smallest absolute Gasteiger partial charge is 0.418 e. The monoisotopic (exact) mass is 304 g/mol. The SMILES string of the molecule is COc1ccc(NC(=O)CCC(C)(C)N)c(C(F)(F)F)c1. The molecule has 0 saturated heterocycles. The van der Waals surface area contributed by atoms with Gasteiger partial charge in [-0.25, -0.2) is 0 Å². The molecule has 1 rings (SSSR count). The zero-order chi connectivity index (χ0) is 16.3. The highest BCUT2D eigenvalue weighted by molar-refractivity contribution is 5.91. The molecule has 1 amide bonds. The number of amides is 1. The highest BCUT2D eigenvalue weighted by Gasteiger charge is 2.34. The molecule has 0 bridgehead atoms. The van der Waals surface area contributed by atoms with Gasteiger partial charge in [0.25, 0.3) is 0 Å². The van der Waals surface area contributed by atoms with E-state index in [2.05, 4.69) is 5.32 Å². The van der Waals surface area contributed by atoms with E-state index in [0.29, 0.717) is 6.42 Å². The number of carbonyl (C=O) groups is 1. The van der Waals surface area contributed by atoms with Gasteiger partial charge in [-0.3, -0.25) is 4.79 Å². The van der Waals surface area contributed by atoms with E-state index < -0.39 is 23.2 Å². The number of nitrogens with two attached hydrogens (primary N) is 1. The summed E-state index contributed by atoms with van der Waals surface area (Å²) in [6, 6.07) is 3.38. The van der Waals surface area contributed by atoms with Crippen molar-refractivity contribution in [3.63, 3.8) is 0 Å². The number of hydrogen-bond acceptors (Lipinski definition) is 3. The minimum Gasteiger partial charge on any atom is -0.497 e. The largest absolute Gasteiger partial charge is 0.497 e. The number of alkyl halides is 3.